The first kappa shape index (κ1) is 15.9. The Kier molecular flexibility index (Phi) is 6.09. The molecule has 0 radical (unpaired) electrons. The smallest absolute Gasteiger partial charge is 0.254 e. The predicted octanol–water partition coefficient (Wildman–Crippen LogP) is 4.09. The van der Waals surface area contributed by atoms with E-state index in [-0.39, 0.29) is 5.91 Å². The quantitative estimate of drug-likeness (QED) is 0.819. The topological polar surface area (TPSA) is 32.3 Å². The molecule has 3 heteroatoms. The molecule has 0 saturated carbocycles. The number of hydrogen-bond donors (Lipinski definition) is 1. The highest BCUT2D eigenvalue weighted by atomic mass is 16.2. The summed E-state index contributed by atoms with van der Waals surface area (Å²) >= 11 is 0. The van der Waals surface area contributed by atoms with Gasteiger partial charge in [0.25, 0.3) is 5.91 Å². The number of anilines is 1. The van der Waals surface area contributed by atoms with Gasteiger partial charge in [0.1, 0.15) is 0 Å². The van der Waals surface area contributed by atoms with Crippen LogP contribution in [0.15, 0.2) is 18.2 Å². The molecule has 0 saturated heterocycles. The maximum Gasteiger partial charge on any atom is 0.254 e. The van der Waals surface area contributed by atoms with Crippen molar-refractivity contribution in [3.05, 3.63) is 29.3 Å². The number of rotatable bonds is 7. The highest BCUT2D eigenvalue weighted by Gasteiger charge is 2.21. The molecule has 0 spiro atoms. The van der Waals surface area contributed by atoms with E-state index in [1.54, 1.807) is 0 Å². The van der Waals surface area contributed by atoms with Gasteiger partial charge in [0.15, 0.2) is 0 Å². The van der Waals surface area contributed by atoms with E-state index in [1.807, 2.05) is 12.1 Å². The van der Waals surface area contributed by atoms with Crippen molar-refractivity contribution >= 4 is 11.6 Å². The third-order valence-corrected chi connectivity index (χ3v) is 4.18. The number of hydrogen-bond acceptors (Lipinski definition) is 2. The largest absolute Gasteiger partial charge is 0.385 e. The van der Waals surface area contributed by atoms with Gasteiger partial charge in [-0.05, 0) is 43.4 Å². The maximum atomic E-state index is 12.9. The van der Waals surface area contributed by atoms with Gasteiger partial charge in [-0.3, -0.25) is 4.79 Å². The summed E-state index contributed by atoms with van der Waals surface area (Å²) in [6, 6.07) is 6.09. The summed E-state index contributed by atoms with van der Waals surface area (Å²) in [5.74, 6) is 0.220. The molecule has 1 aromatic carbocycles. The van der Waals surface area contributed by atoms with Crippen molar-refractivity contribution in [3.63, 3.8) is 0 Å². The van der Waals surface area contributed by atoms with Crippen LogP contribution in [0, 0.1) is 0 Å². The SMILES string of the molecule is CCCCN(CCCC)C(=O)c1cccc2c1CCCN2. The van der Waals surface area contributed by atoms with Crippen molar-refractivity contribution < 1.29 is 4.79 Å². The predicted molar refractivity (Wildman–Crippen MR) is 89.0 cm³/mol. The van der Waals surface area contributed by atoms with E-state index in [1.165, 1.54) is 5.56 Å². The lowest BCUT2D eigenvalue weighted by Crippen LogP contribution is -2.34. The van der Waals surface area contributed by atoms with E-state index in [0.717, 1.165) is 69.4 Å². The molecule has 1 aromatic rings. The molecule has 0 aliphatic carbocycles. The Bertz CT molecular complexity index is 462. The van der Waals surface area contributed by atoms with Gasteiger partial charge in [-0.2, -0.15) is 0 Å². The van der Waals surface area contributed by atoms with Gasteiger partial charge in [-0.25, -0.2) is 0 Å². The Morgan fingerprint density at radius 1 is 1.19 bits per heavy atom. The Labute approximate surface area is 128 Å². The maximum absolute atomic E-state index is 12.9. The van der Waals surface area contributed by atoms with Crippen LogP contribution in [0.5, 0.6) is 0 Å². The molecule has 1 amide bonds. The fraction of sp³-hybridized carbons (Fsp3) is 0.611. The summed E-state index contributed by atoms with van der Waals surface area (Å²) < 4.78 is 0. The first-order valence-corrected chi connectivity index (χ1v) is 8.43. The van der Waals surface area contributed by atoms with Gasteiger partial charge < -0.3 is 10.2 Å². The first-order valence-electron chi connectivity index (χ1n) is 8.43. The lowest BCUT2D eigenvalue weighted by atomic mass is 9.96. The number of carbonyl (C=O) groups is 1. The van der Waals surface area contributed by atoms with Gasteiger partial charge in [0.05, 0.1) is 0 Å². The number of fused-ring (bicyclic) bond motifs is 1. The van der Waals surface area contributed by atoms with E-state index in [0.29, 0.717) is 0 Å². The highest BCUT2D eigenvalue weighted by molar-refractivity contribution is 5.97. The minimum atomic E-state index is 0.220. The van der Waals surface area contributed by atoms with Crippen LogP contribution in [0.3, 0.4) is 0 Å². The molecule has 3 nitrogen and oxygen atoms in total. The Hall–Kier alpha value is -1.51. The van der Waals surface area contributed by atoms with Crippen LogP contribution in [0.1, 0.15) is 61.9 Å². The number of nitrogens with one attached hydrogen (secondary N) is 1. The molecule has 2 rings (SSSR count). The van der Waals surface area contributed by atoms with Crippen molar-refractivity contribution in [2.45, 2.75) is 52.4 Å². The molecule has 0 aromatic heterocycles. The molecule has 0 fully saturated rings. The molecular weight excluding hydrogens is 260 g/mol. The summed E-state index contributed by atoms with van der Waals surface area (Å²) in [6.07, 6.45) is 6.56. The van der Waals surface area contributed by atoms with E-state index in [9.17, 15) is 4.79 Å². The molecule has 0 atom stereocenters. The highest BCUT2D eigenvalue weighted by Crippen LogP contribution is 2.26. The van der Waals surface area contributed by atoms with Crippen LogP contribution in [-0.4, -0.2) is 30.4 Å². The Morgan fingerprint density at radius 3 is 2.57 bits per heavy atom. The molecule has 0 bridgehead atoms. The number of unbranched alkanes of at least 4 members (excludes halogenated alkanes) is 2. The molecule has 116 valence electrons. The molecule has 21 heavy (non-hydrogen) atoms. The second-order valence-electron chi connectivity index (χ2n) is 5.86. The first-order chi connectivity index (χ1) is 10.3. The monoisotopic (exact) mass is 288 g/mol. The third-order valence-electron chi connectivity index (χ3n) is 4.18. The lowest BCUT2D eigenvalue weighted by molar-refractivity contribution is 0.0750. The average molecular weight is 288 g/mol. The van der Waals surface area contributed by atoms with Crippen LogP contribution in [-0.2, 0) is 6.42 Å². The number of amides is 1. The lowest BCUT2D eigenvalue weighted by Gasteiger charge is -2.26. The summed E-state index contributed by atoms with van der Waals surface area (Å²) in [6.45, 7) is 7.13. The van der Waals surface area contributed by atoms with Gasteiger partial charge in [0, 0.05) is 30.9 Å². The fourth-order valence-corrected chi connectivity index (χ4v) is 2.89. The van der Waals surface area contributed by atoms with Crippen molar-refractivity contribution in [2.75, 3.05) is 25.0 Å². The number of nitrogens with zero attached hydrogens (tertiary/aromatic N) is 1. The summed E-state index contributed by atoms with van der Waals surface area (Å²) in [4.78, 5) is 15.0. The summed E-state index contributed by atoms with van der Waals surface area (Å²) in [7, 11) is 0. The molecule has 1 aliphatic heterocycles. The summed E-state index contributed by atoms with van der Waals surface area (Å²) in [5, 5.41) is 3.41. The zero-order valence-corrected chi connectivity index (χ0v) is 13.5. The normalized spacial score (nSPS) is 13.4. The standard InChI is InChI=1S/C18H28N2O/c1-3-5-13-20(14-6-4-2)18(21)16-9-7-11-17-15(16)10-8-12-19-17/h7,9,11,19H,3-6,8,10,12-14H2,1-2H3. The van der Waals surface area contributed by atoms with Crippen molar-refractivity contribution in [1.82, 2.24) is 4.90 Å². The summed E-state index contributed by atoms with van der Waals surface area (Å²) in [5.41, 5.74) is 3.27. The van der Waals surface area contributed by atoms with Gasteiger partial charge in [0.2, 0.25) is 0 Å². The van der Waals surface area contributed by atoms with Gasteiger partial charge in [-0.1, -0.05) is 32.8 Å². The zero-order valence-electron chi connectivity index (χ0n) is 13.5. The Morgan fingerprint density at radius 2 is 1.90 bits per heavy atom. The van der Waals surface area contributed by atoms with Crippen LogP contribution in [0.4, 0.5) is 5.69 Å². The molecule has 0 unspecified atom stereocenters. The van der Waals surface area contributed by atoms with Crippen LogP contribution in [0.2, 0.25) is 0 Å². The fourth-order valence-electron chi connectivity index (χ4n) is 2.89. The average Bonchev–Trinajstić information content (AvgIpc) is 2.54. The van der Waals surface area contributed by atoms with Gasteiger partial charge in [-0.15, -0.1) is 0 Å². The number of carbonyl (C=O) groups excluding carboxylic acids is 1. The second-order valence-corrected chi connectivity index (χ2v) is 5.86. The van der Waals surface area contributed by atoms with Crippen LogP contribution < -0.4 is 5.32 Å². The molecule has 1 N–H and O–H groups in total. The van der Waals surface area contributed by atoms with E-state index in [4.69, 9.17) is 0 Å². The number of benzene rings is 1. The van der Waals surface area contributed by atoms with Crippen LogP contribution >= 0.6 is 0 Å². The minimum absolute atomic E-state index is 0.220. The van der Waals surface area contributed by atoms with Crippen molar-refractivity contribution in [1.29, 1.82) is 0 Å². The Balaban J connectivity index is 2.19. The molecular formula is C18H28N2O. The van der Waals surface area contributed by atoms with Crippen LogP contribution in [0.25, 0.3) is 0 Å². The zero-order chi connectivity index (χ0) is 15.1. The van der Waals surface area contributed by atoms with E-state index >= 15 is 0 Å². The molecule has 1 aliphatic rings. The van der Waals surface area contributed by atoms with Crippen molar-refractivity contribution in [3.8, 4) is 0 Å². The minimum Gasteiger partial charge on any atom is -0.385 e. The van der Waals surface area contributed by atoms with Gasteiger partial charge >= 0.3 is 0 Å². The van der Waals surface area contributed by atoms with Crippen molar-refractivity contribution in [2.24, 2.45) is 0 Å². The molecule has 1 heterocycles. The third kappa shape index (κ3) is 3.99. The van der Waals surface area contributed by atoms with E-state index < -0.39 is 0 Å². The second kappa shape index (κ2) is 8.06. The van der Waals surface area contributed by atoms with E-state index in [2.05, 4.69) is 30.1 Å².